The zero-order valence-corrected chi connectivity index (χ0v) is 12.3. The Morgan fingerprint density at radius 1 is 1.17 bits per heavy atom. The quantitative estimate of drug-likeness (QED) is 0.809. The number of carbonyl (C=O) groups is 1. The van der Waals surface area contributed by atoms with E-state index in [1.165, 1.54) is 0 Å². The van der Waals surface area contributed by atoms with E-state index in [1.54, 1.807) is 6.07 Å². The van der Waals surface area contributed by atoms with Crippen LogP contribution in [0.15, 0.2) is 18.2 Å². The van der Waals surface area contributed by atoms with E-state index in [2.05, 4.69) is 20.8 Å². The van der Waals surface area contributed by atoms with Gasteiger partial charge in [0.05, 0.1) is 5.56 Å². The highest BCUT2D eigenvalue weighted by Gasteiger charge is 2.27. The van der Waals surface area contributed by atoms with Crippen molar-refractivity contribution in [2.75, 3.05) is 0 Å². The minimum absolute atomic E-state index is 0.0145. The van der Waals surface area contributed by atoms with Crippen LogP contribution in [0, 0.1) is 5.41 Å². The number of hydrogen-bond donors (Lipinski definition) is 1. The Hall–Kier alpha value is -1.31. The van der Waals surface area contributed by atoms with Crippen LogP contribution in [-0.4, -0.2) is 10.9 Å². The molecule has 18 heavy (non-hydrogen) atoms. The van der Waals surface area contributed by atoms with E-state index in [-0.39, 0.29) is 16.9 Å². The van der Waals surface area contributed by atoms with Crippen molar-refractivity contribution in [3.63, 3.8) is 0 Å². The number of rotatable bonds is 3. The van der Waals surface area contributed by atoms with Crippen LogP contribution in [0.1, 0.15) is 63.9 Å². The zero-order chi connectivity index (χ0) is 14.1. The van der Waals surface area contributed by atoms with Crippen LogP contribution < -0.4 is 0 Å². The van der Waals surface area contributed by atoms with Crippen molar-refractivity contribution < 1.29 is 9.90 Å². The molecule has 0 radical (unpaired) electrons. The van der Waals surface area contributed by atoms with Gasteiger partial charge in [0.15, 0.2) is 5.78 Å². The number of Topliss-reactive ketones (excluding diaryl/α,β-unsaturated/α-hetero) is 1. The van der Waals surface area contributed by atoms with Gasteiger partial charge in [-0.3, -0.25) is 4.79 Å². The Bertz CT molecular complexity index is 451. The highest BCUT2D eigenvalue weighted by Crippen LogP contribution is 2.33. The fourth-order valence-electron chi connectivity index (χ4n) is 1.75. The largest absolute Gasteiger partial charge is 0.507 e. The maximum absolute atomic E-state index is 12.3. The van der Waals surface area contributed by atoms with E-state index in [4.69, 9.17) is 0 Å². The van der Waals surface area contributed by atoms with Crippen LogP contribution in [0.25, 0.3) is 0 Å². The Kier molecular flexibility index (Phi) is 3.89. The molecule has 2 nitrogen and oxygen atoms in total. The van der Waals surface area contributed by atoms with Gasteiger partial charge in [-0.1, -0.05) is 47.6 Å². The number of carbonyl (C=O) groups excluding carboxylic acids is 1. The maximum Gasteiger partial charge on any atom is 0.171 e. The zero-order valence-electron chi connectivity index (χ0n) is 12.3. The standard InChI is InChI=1S/C16H24O2/c1-7-16(5,6)11-8-9-13(17)12(10-11)14(18)15(2,3)4/h8-10,17H,7H2,1-6H3. The molecule has 0 spiro atoms. The Morgan fingerprint density at radius 3 is 2.17 bits per heavy atom. The molecule has 0 saturated heterocycles. The predicted octanol–water partition coefficient (Wildman–Crippen LogP) is 4.31. The Labute approximate surface area is 110 Å². The molecule has 0 bridgehead atoms. The minimum atomic E-state index is -0.480. The molecular weight excluding hydrogens is 224 g/mol. The summed E-state index contributed by atoms with van der Waals surface area (Å²) in [7, 11) is 0. The summed E-state index contributed by atoms with van der Waals surface area (Å²) in [5.74, 6) is 0.0549. The molecule has 1 aromatic carbocycles. The number of benzene rings is 1. The van der Waals surface area contributed by atoms with E-state index < -0.39 is 5.41 Å². The van der Waals surface area contributed by atoms with E-state index in [0.29, 0.717) is 5.56 Å². The van der Waals surface area contributed by atoms with E-state index in [1.807, 2.05) is 32.9 Å². The Morgan fingerprint density at radius 2 is 1.72 bits per heavy atom. The first kappa shape index (κ1) is 14.7. The fraction of sp³-hybridized carbons (Fsp3) is 0.562. The van der Waals surface area contributed by atoms with Crippen LogP contribution in [-0.2, 0) is 5.41 Å². The molecule has 0 aliphatic rings. The second-order valence-corrected chi connectivity index (χ2v) is 6.55. The summed E-state index contributed by atoms with van der Waals surface area (Å²) in [5.41, 5.74) is 1.06. The lowest BCUT2D eigenvalue weighted by Gasteiger charge is -2.25. The number of phenols is 1. The first-order chi connectivity index (χ1) is 8.09. The Balaban J connectivity index is 3.30. The van der Waals surface area contributed by atoms with Crippen LogP contribution >= 0.6 is 0 Å². The maximum atomic E-state index is 12.3. The molecule has 0 aliphatic carbocycles. The van der Waals surface area contributed by atoms with Crippen LogP contribution in [0.4, 0.5) is 0 Å². The van der Waals surface area contributed by atoms with Gasteiger partial charge < -0.3 is 5.11 Å². The van der Waals surface area contributed by atoms with Gasteiger partial charge in [0, 0.05) is 5.41 Å². The van der Waals surface area contributed by atoms with E-state index in [0.717, 1.165) is 12.0 Å². The third-order valence-corrected chi connectivity index (χ3v) is 3.59. The topological polar surface area (TPSA) is 37.3 Å². The molecule has 100 valence electrons. The minimum Gasteiger partial charge on any atom is -0.507 e. The second kappa shape index (κ2) is 4.75. The fourth-order valence-corrected chi connectivity index (χ4v) is 1.75. The van der Waals surface area contributed by atoms with Crippen molar-refractivity contribution in [3.8, 4) is 5.75 Å². The van der Waals surface area contributed by atoms with Crippen LogP contribution in [0.2, 0.25) is 0 Å². The average Bonchev–Trinajstić information content (AvgIpc) is 2.27. The number of hydrogen-bond acceptors (Lipinski definition) is 2. The van der Waals surface area contributed by atoms with Crippen molar-refractivity contribution in [2.24, 2.45) is 5.41 Å². The lowest BCUT2D eigenvalue weighted by Crippen LogP contribution is -2.22. The van der Waals surface area contributed by atoms with Crippen molar-refractivity contribution in [1.29, 1.82) is 0 Å². The van der Waals surface area contributed by atoms with Crippen LogP contribution in [0.3, 0.4) is 0 Å². The first-order valence-corrected chi connectivity index (χ1v) is 6.48. The van der Waals surface area contributed by atoms with Gasteiger partial charge in [0.2, 0.25) is 0 Å². The van der Waals surface area contributed by atoms with Gasteiger partial charge in [-0.15, -0.1) is 0 Å². The molecule has 1 N–H and O–H groups in total. The predicted molar refractivity (Wildman–Crippen MR) is 75.2 cm³/mol. The van der Waals surface area contributed by atoms with Gasteiger partial charge in [-0.25, -0.2) is 0 Å². The molecule has 0 aromatic heterocycles. The second-order valence-electron chi connectivity index (χ2n) is 6.55. The molecule has 1 rings (SSSR count). The average molecular weight is 248 g/mol. The lowest BCUT2D eigenvalue weighted by atomic mass is 9.79. The molecule has 0 unspecified atom stereocenters. The SMILES string of the molecule is CCC(C)(C)c1ccc(O)c(C(=O)C(C)(C)C)c1. The molecule has 0 aliphatic heterocycles. The summed E-state index contributed by atoms with van der Waals surface area (Å²) in [4.78, 5) is 12.3. The summed E-state index contributed by atoms with van der Waals surface area (Å²) in [6, 6.07) is 5.37. The smallest absolute Gasteiger partial charge is 0.171 e. The highest BCUT2D eigenvalue weighted by molar-refractivity contribution is 6.02. The lowest BCUT2D eigenvalue weighted by molar-refractivity contribution is 0.0855. The van der Waals surface area contributed by atoms with Gasteiger partial charge in [-0.2, -0.15) is 0 Å². The van der Waals surface area contributed by atoms with Gasteiger partial charge >= 0.3 is 0 Å². The van der Waals surface area contributed by atoms with Crippen LogP contribution in [0.5, 0.6) is 5.75 Å². The monoisotopic (exact) mass is 248 g/mol. The van der Waals surface area contributed by atoms with Crippen molar-refractivity contribution in [1.82, 2.24) is 0 Å². The van der Waals surface area contributed by atoms with E-state index >= 15 is 0 Å². The van der Waals surface area contributed by atoms with Gasteiger partial charge in [-0.05, 0) is 29.5 Å². The summed E-state index contributed by atoms with van der Waals surface area (Å²) in [5, 5.41) is 9.89. The molecule has 2 heteroatoms. The first-order valence-electron chi connectivity index (χ1n) is 6.48. The van der Waals surface area contributed by atoms with Crippen molar-refractivity contribution in [3.05, 3.63) is 29.3 Å². The third kappa shape index (κ3) is 2.92. The molecule has 0 heterocycles. The summed E-state index contributed by atoms with van der Waals surface area (Å²) < 4.78 is 0. The number of ketones is 1. The highest BCUT2D eigenvalue weighted by atomic mass is 16.3. The number of aromatic hydroxyl groups is 1. The molecule has 0 atom stereocenters. The molecule has 0 fully saturated rings. The van der Waals surface area contributed by atoms with Crippen molar-refractivity contribution >= 4 is 5.78 Å². The molecule has 0 saturated carbocycles. The summed E-state index contributed by atoms with van der Waals surface area (Å²) in [6.45, 7) is 12.0. The van der Waals surface area contributed by atoms with Gasteiger partial charge in [0.25, 0.3) is 0 Å². The summed E-state index contributed by atoms with van der Waals surface area (Å²) >= 11 is 0. The molecule has 0 amide bonds. The van der Waals surface area contributed by atoms with Crippen molar-refractivity contribution in [2.45, 2.75) is 53.4 Å². The van der Waals surface area contributed by atoms with E-state index in [9.17, 15) is 9.90 Å². The molecular formula is C16H24O2. The number of phenolic OH excluding ortho intramolecular Hbond substituents is 1. The summed E-state index contributed by atoms with van der Waals surface area (Å²) in [6.07, 6.45) is 0.987. The third-order valence-electron chi connectivity index (χ3n) is 3.59. The van der Waals surface area contributed by atoms with Gasteiger partial charge in [0.1, 0.15) is 5.75 Å². The normalized spacial score (nSPS) is 12.6. The molecule has 1 aromatic rings.